The van der Waals surface area contributed by atoms with Crippen LogP contribution in [0.15, 0.2) is 35.7 Å². The van der Waals surface area contributed by atoms with Crippen molar-refractivity contribution in [1.82, 2.24) is 35.4 Å². The molecule has 2 fully saturated rings. The summed E-state index contributed by atoms with van der Waals surface area (Å²) in [5.74, 6) is -2.04. The van der Waals surface area contributed by atoms with Crippen molar-refractivity contribution < 1.29 is 47.8 Å². The molecule has 2 saturated heterocycles. The van der Waals surface area contributed by atoms with Gasteiger partial charge in [-0.1, -0.05) is 12.1 Å². The summed E-state index contributed by atoms with van der Waals surface area (Å²) < 4.78 is 16.3. The van der Waals surface area contributed by atoms with Gasteiger partial charge in [0.15, 0.2) is 0 Å². The van der Waals surface area contributed by atoms with Gasteiger partial charge in [0.05, 0.1) is 43.2 Å². The number of likely N-dealkylation sites (N-methyl/N-ethyl adjacent to an activating group) is 1. The van der Waals surface area contributed by atoms with Gasteiger partial charge in [-0.2, -0.15) is 15.0 Å². The zero-order valence-electron chi connectivity index (χ0n) is 34.7. The third-order valence-corrected chi connectivity index (χ3v) is 11.1. The largest absolute Gasteiger partial charge is 0.377 e. The Hall–Kier alpha value is -6.10. The summed E-state index contributed by atoms with van der Waals surface area (Å²) in [5, 5.41) is 12.9. The predicted octanol–water partition coefficient (Wildman–Crippen LogP) is 0.288. The van der Waals surface area contributed by atoms with Crippen molar-refractivity contribution >= 4 is 76.2 Å². The van der Waals surface area contributed by atoms with Crippen molar-refractivity contribution in [3.05, 3.63) is 51.7 Å². The van der Waals surface area contributed by atoms with Crippen molar-refractivity contribution in [2.75, 3.05) is 113 Å². The number of anilines is 4. The summed E-state index contributed by atoms with van der Waals surface area (Å²) in [6.45, 7) is 5.50. The molecular formula is C40H51N11O10S. The second-order valence-electron chi connectivity index (χ2n) is 14.6. The number of hydrogen-bond acceptors (Lipinski definition) is 17. The van der Waals surface area contributed by atoms with Crippen molar-refractivity contribution in [3.63, 3.8) is 0 Å². The van der Waals surface area contributed by atoms with Gasteiger partial charge in [-0.05, 0) is 42.8 Å². The second kappa shape index (κ2) is 22.1. The molecule has 6 rings (SSSR count). The highest BCUT2D eigenvalue weighted by Gasteiger charge is 2.45. The molecule has 5 heterocycles. The Bertz CT molecular complexity index is 2110. The maximum atomic E-state index is 13.2. The van der Waals surface area contributed by atoms with Crippen LogP contribution in [0, 0.1) is 0 Å². The van der Waals surface area contributed by atoms with Crippen molar-refractivity contribution in [1.29, 1.82) is 0 Å². The minimum absolute atomic E-state index is 0.00759. The first-order chi connectivity index (χ1) is 30.0. The Kier molecular flexibility index (Phi) is 16.2. The molecule has 0 bridgehead atoms. The number of benzene rings is 1. The monoisotopic (exact) mass is 877 g/mol. The van der Waals surface area contributed by atoms with Crippen LogP contribution < -0.4 is 31.1 Å². The molecule has 0 spiro atoms. The van der Waals surface area contributed by atoms with Gasteiger partial charge in [0, 0.05) is 71.1 Å². The van der Waals surface area contributed by atoms with Crippen molar-refractivity contribution in [2.45, 2.75) is 38.6 Å². The molecule has 21 nitrogen and oxygen atoms in total. The fourth-order valence-corrected chi connectivity index (χ4v) is 7.63. The van der Waals surface area contributed by atoms with E-state index in [4.69, 9.17) is 24.2 Å². The fourth-order valence-electron chi connectivity index (χ4n) is 6.92. The lowest BCUT2D eigenvalue weighted by Crippen LogP contribution is -2.54. The van der Waals surface area contributed by atoms with Gasteiger partial charge >= 0.3 is 0 Å². The molecule has 0 aliphatic carbocycles. The number of fused-ring (bicyclic) bond motifs is 1. The average molecular weight is 878 g/mol. The quantitative estimate of drug-likeness (QED) is 0.0830. The van der Waals surface area contributed by atoms with Crippen LogP contribution in [0.2, 0.25) is 0 Å². The molecule has 1 aromatic carbocycles. The first kappa shape index (κ1) is 45.4. The standard InChI is InChI=1S/C40H51N11O10S/c1-26(52)49-14-5-15-50(18-17-49)40-46-38(42-12-11-27-6-4-23-62-27)45-39(47-40)48(2)16-13-41-32(54)24-60-21-19-59-20-22-61-25-33(55)43-29-8-3-7-28-34(29)37(58)51(36(28)57)30-9-10-31(53)44-35(30)56/h3-4,6-8,23,30H,5,9-22,24-25H2,1-2H3,(H,41,54)(H,43,55)(H,44,53,56)(H,42,45,46,47). The highest BCUT2D eigenvalue weighted by atomic mass is 32.1. The SMILES string of the molecule is CC(=O)N1CCCN(c2nc(NCCc3cccs3)nc(N(C)CCNC(=O)COCCOCCOCC(=O)Nc3cccc4c3C(=O)N(C3CCC(=O)NC3=O)C4=O)n2)CC1. The van der Waals surface area contributed by atoms with E-state index >= 15 is 0 Å². The normalized spacial score (nSPS) is 16.5. The molecule has 332 valence electrons. The average Bonchev–Trinajstić information content (AvgIpc) is 3.76. The number of imide groups is 2. The lowest BCUT2D eigenvalue weighted by atomic mass is 10.0. The fraction of sp³-hybridized carbons (Fsp3) is 0.500. The third-order valence-electron chi connectivity index (χ3n) is 10.1. The Morgan fingerprint density at radius 2 is 1.66 bits per heavy atom. The lowest BCUT2D eigenvalue weighted by molar-refractivity contribution is -0.136. The van der Waals surface area contributed by atoms with Gasteiger partial charge < -0.3 is 44.9 Å². The minimum atomic E-state index is -1.13. The highest BCUT2D eigenvalue weighted by Crippen LogP contribution is 2.32. The van der Waals surface area contributed by atoms with Gasteiger partial charge in [0.25, 0.3) is 11.8 Å². The summed E-state index contributed by atoms with van der Waals surface area (Å²) in [6.07, 6.45) is 1.62. The van der Waals surface area contributed by atoms with E-state index < -0.39 is 35.6 Å². The van der Waals surface area contributed by atoms with Crippen molar-refractivity contribution in [2.24, 2.45) is 0 Å². The van der Waals surface area contributed by atoms with E-state index in [1.807, 2.05) is 28.3 Å². The molecule has 22 heteroatoms. The number of carbonyl (C=O) groups excluding carboxylic acids is 7. The zero-order valence-corrected chi connectivity index (χ0v) is 35.5. The van der Waals surface area contributed by atoms with Crippen LogP contribution in [-0.4, -0.2) is 165 Å². The van der Waals surface area contributed by atoms with E-state index in [2.05, 4.69) is 37.2 Å². The molecule has 62 heavy (non-hydrogen) atoms. The Morgan fingerprint density at radius 1 is 0.887 bits per heavy atom. The molecule has 0 saturated carbocycles. The Morgan fingerprint density at radius 3 is 2.40 bits per heavy atom. The van der Waals surface area contributed by atoms with E-state index in [0.29, 0.717) is 63.7 Å². The van der Waals surface area contributed by atoms with Crippen LogP contribution >= 0.6 is 11.3 Å². The van der Waals surface area contributed by atoms with Gasteiger partial charge in [-0.3, -0.25) is 43.8 Å². The second-order valence-corrected chi connectivity index (χ2v) is 15.6. The Balaban J connectivity index is 0.855. The van der Waals surface area contributed by atoms with Crippen LogP contribution in [0.5, 0.6) is 0 Å². The number of aromatic nitrogens is 3. The number of rotatable bonds is 21. The van der Waals surface area contributed by atoms with Crippen molar-refractivity contribution in [3.8, 4) is 0 Å². The van der Waals surface area contributed by atoms with E-state index in [1.54, 1.807) is 18.3 Å². The highest BCUT2D eigenvalue weighted by molar-refractivity contribution is 7.09. The summed E-state index contributed by atoms with van der Waals surface area (Å²) >= 11 is 1.69. The molecular weight excluding hydrogens is 827 g/mol. The summed E-state index contributed by atoms with van der Waals surface area (Å²) in [7, 11) is 1.84. The molecule has 2 aromatic heterocycles. The van der Waals surface area contributed by atoms with Gasteiger partial charge in [-0.25, -0.2) is 0 Å². The zero-order chi connectivity index (χ0) is 44.0. The number of carbonyl (C=O) groups is 7. The van der Waals surface area contributed by atoms with Gasteiger partial charge in [-0.15, -0.1) is 11.3 Å². The third kappa shape index (κ3) is 12.3. The number of ether oxygens (including phenoxy) is 3. The maximum Gasteiger partial charge on any atom is 0.264 e. The van der Waals surface area contributed by atoms with Crippen LogP contribution in [0.3, 0.4) is 0 Å². The molecule has 1 unspecified atom stereocenters. The smallest absolute Gasteiger partial charge is 0.264 e. The predicted molar refractivity (Wildman–Crippen MR) is 226 cm³/mol. The van der Waals surface area contributed by atoms with E-state index in [9.17, 15) is 33.6 Å². The number of nitrogens with one attached hydrogen (secondary N) is 4. The summed E-state index contributed by atoms with van der Waals surface area (Å²) in [4.78, 5) is 109. The molecule has 4 N–H and O–H groups in total. The molecule has 3 aliphatic rings. The lowest BCUT2D eigenvalue weighted by Gasteiger charge is -2.27. The maximum absolute atomic E-state index is 13.2. The molecule has 3 aromatic rings. The number of nitrogens with zero attached hydrogens (tertiary/aromatic N) is 7. The summed E-state index contributed by atoms with van der Waals surface area (Å²) in [5.41, 5.74) is 0.104. The topological polar surface area (TPSA) is 247 Å². The van der Waals surface area contributed by atoms with Crippen LogP contribution in [0.1, 0.15) is 51.8 Å². The molecule has 3 aliphatic heterocycles. The molecule has 1 atom stereocenters. The number of amides is 7. The number of piperidine rings is 1. The van der Waals surface area contributed by atoms with Crippen LogP contribution in [-0.2, 0) is 44.6 Å². The molecule has 7 amide bonds. The number of hydrogen-bond donors (Lipinski definition) is 4. The van der Waals surface area contributed by atoms with Gasteiger partial charge in [0.2, 0.25) is 47.4 Å². The first-order valence-corrected chi connectivity index (χ1v) is 21.2. The van der Waals surface area contributed by atoms with Gasteiger partial charge in [0.1, 0.15) is 19.3 Å². The van der Waals surface area contributed by atoms with E-state index in [1.165, 1.54) is 23.1 Å². The van der Waals surface area contributed by atoms with E-state index in [0.717, 1.165) is 17.7 Å². The number of thiophene rings is 1. The van der Waals surface area contributed by atoms with E-state index in [-0.39, 0.29) is 81.1 Å². The summed E-state index contributed by atoms with van der Waals surface area (Å²) in [6, 6.07) is 7.39. The Labute approximate surface area is 361 Å². The molecule has 0 radical (unpaired) electrons. The first-order valence-electron chi connectivity index (χ1n) is 20.4. The van der Waals surface area contributed by atoms with Crippen LogP contribution in [0.4, 0.5) is 23.5 Å². The van der Waals surface area contributed by atoms with Crippen LogP contribution in [0.25, 0.3) is 0 Å². The minimum Gasteiger partial charge on any atom is -0.377 e.